The fourth-order valence-corrected chi connectivity index (χ4v) is 5.67. The third-order valence-electron chi connectivity index (χ3n) is 7.38. The van der Waals surface area contributed by atoms with E-state index in [0.717, 1.165) is 55.2 Å². The summed E-state index contributed by atoms with van der Waals surface area (Å²) in [4.78, 5) is 9.82. The Morgan fingerprint density at radius 2 is 1.15 bits per heavy atom. The van der Waals surface area contributed by atoms with Crippen LogP contribution in [0.3, 0.4) is 0 Å². The molecule has 0 spiro atoms. The largest absolute Gasteiger partial charge is 0.507 e. The quantitative estimate of drug-likeness (QED) is 0.192. The Morgan fingerprint density at radius 3 is 1.88 bits per heavy atom. The first-order chi connectivity index (χ1) is 19.3. The Hall–Kier alpha value is -4.73. The van der Waals surface area contributed by atoms with Gasteiger partial charge in [0.1, 0.15) is 17.0 Å². The van der Waals surface area contributed by atoms with Crippen LogP contribution in [0.2, 0.25) is 0 Å². The zero-order chi connectivity index (χ0) is 25.9. The monoisotopic (exact) mass is 696 g/mol. The number of pyridine rings is 2. The molecule has 4 aromatic carbocycles. The van der Waals surface area contributed by atoms with Gasteiger partial charge in [0.25, 0.3) is 0 Å². The summed E-state index contributed by atoms with van der Waals surface area (Å²) >= 11 is 0. The Balaban J connectivity index is 0.00000264. The molecule has 1 N–H and O–H groups in total. The fourth-order valence-electron chi connectivity index (χ4n) is 5.67. The second kappa shape index (κ2) is 9.48. The van der Waals surface area contributed by atoms with E-state index in [9.17, 15) is 5.11 Å². The van der Waals surface area contributed by atoms with Crippen LogP contribution in [-0.2, 0) is 21.1 Å². The van der Waals surface area contributed by atoms with Gasteiger partial charge in [-0.25, -0.2) is 9.97 Å². The molecule has 4 heterocycles. The summed E-state index contributed by atoms with van der Waals surface area (Å²) in [5.41, 5.74) is 7.03. The second-order valence-electron chi connectivity index (χ2n) is 9.59. The molecule has 0 aliphatic rings. The van der Waals surface area contributed by atoms with E-state index in [2.05, 4.69) is 81.9 Å². The third kappa shape index (κ3) is 3.59. The summed E-state index contributed by atoms with van der Waals surface area (Å²) in [5.74, 6) is 0.208. The fraction of sp³-hybridized carbons (Fsp3) is 0. The maximum absolute atomic E-state index is 10.5. The van der Waals surface area contributed by atoms with Gasteiger partial charge in [-0.2, -0.15) is 6.07 Å². The normalized spacial score (nSPS) is 11.4. The van der Waals surface area contributed by atoms with Gasteiger partial charge < -0.3 is 14.2 Å². The molecule has 0 amide bonds. The van der Waals surface area contributed by atoms with Crippen molar-refractivity contribution in [2.45, 2.75) is 0 Å². The smallest absolute Gasteiger partial charge is 0.144 e. The third-order valence-corrected chi connectivity index (χ3v) is 7.38. The summed E-state index contributed by atoms with van der Waals surface area (Å²) < 4.78 is 4.32. The van der Waals surface area contributed by atoms with Crippen LogP contribution >= 0.6 is 0 Å². The van der Waals surface area contributed by atoms with Crippen molar-refractivity contribution < 1.29 is 26.2 Å². The predicted molar refractivity (Wildman–Crippen MR) is 157 cm³/mol. The second-order valence-corrected chi connectivity index (χ2v) is 9.59. The molecule has 4 aromatic heterocycles. The number of nitrogens with zero attached hydrogens (tertiary/aromatic N) is 4. The van der Waals surface area contributed by atoms with Gasteiger partial charge in [0.15, 0.2) is 0 Å². The van der Waals surface area contributed by atoms with Crippen LogP contribution in [0.4, 0.5) is 0 Å². The van der Waals surface area contributed by atoms with Gasteiger partial charge in [-0.15, -0.1) is 18.2 Å². The van der Waals surface area contributed by atoms with Crippen molar-refractivity contribution in [2.24, 2.45) is 0 Å². The zero-order valence-electron chi connectivity index (χ0n) is 21.1. The Morgan fingerprint density at radius 1 is 0.550 bits per heavy atom. The Labute approximate surface area is 244 Å². The molecule has 8 rings (SSSR count). The molecule has 0 bridgehead atoms. The van der Waals surface area contributed by atoms with Crippen LogP contribution in [0.25, 0.3) is 66.5 Å². The van der Waals surface area contributed by atoms with E-state index in [1.165, 1.54) is 0 Å². The van der Waals surface area contributed by atoms with Crippen LogP contribution in [0.1, 0.15) is 0 Å². The zero-order valence-corrected chi connectivity index (χ0v) is 23.4. The van der Waals surface area contributed by atoms with Crippen LogP contribution in [-0.4, -0.2) is 24.2 Å². The standard InChI is InChI=1S/C34H21N4O.Pt/c39-32-17-6-3-13-28(32)29-19-18-27-25-12-2-5-16-31(25)38(34(27)36-29)23-10-7-9-22(21-23)37-30-15-4-1-11-24(30)26-14-8-20-35-33(26)37;/h1-20,39H;/q-1;. The van der Waals surface area contributed by atoms with Gasteiger partial charge in [0, 0.05) is 54.4 Å². The van der Waals surface area contributed by atoms with E-state index >= 15 is 0 Å². The van der Waals surface area contributed by atoms with E-state index in [1.54, 1.807) is 6.07 Å². The maximum atomic E-state index is 10.5. The van der Waals surface area contributed by atoms with Crippen molar-refractivity contribution in [1.82, 2.24) is 19.1 Å². The van der Waals surface area contributed by atoms with Crippen molar-refractivity contribution in [3.05, 3.63) is 128 Å². The molecule has 194 valence electrons. The molecule has 6 heteroatoms. The molecule has 0 saturated heterocycles. The first-order valence-electron chi connectivity index (χ1n) is 12.8. The molecule has 0 atom stereocenters. The molecular formula is C34H21N4OPt-. The Bertz CT molecular complexity index is 2160. The summed E-state index contributed by atoms with van der Waals surface area (Å²) in [5, 5.41) is 14.9. The summed E-state index contributed by atoms with van der Waals surface area (Å²) in [6, 6.07) is 42.0. The maximum Gasteiger partial charge on any atom is 0.144 e. The molecule has 0 fully saturated rings. The topological polar surface area (TPSA) is 55.9 Å². The van der Waals surface area contributed by atoms with Crippen LogP contribution in [0.15, 0.2) is 121 Å². The number of phenols is 1. The minimum Gasteiger partial charge on any atom is -0.507 e. The number of rotatable bonds is 3. The van der Waals surface area contributed by atoms with Crippen molar-refractivity contribution in [3.8, 4) is 28.4 Å². The minimum absolute atomic E-state index is 0. The van der Waals surface area contributed by atoms with E-state index in [-0.39, 0.29) is 26.8 Å². The molecular weight excluding hydrogens is 675 g/mol. The van der Waals surface area contributed by atoms with E-state index in [1.807, 2.05) is 48.7 Å². The van der Waals surface area contributed by atoms with Gasteiger partial charge in [0.05, 0.1) is 16.7 Å². The number of hydrogen-bond acceptors (Lipinski definition) is 3. The van der Waals surface area contributed by atoms with Crippen molar-refractivity contribution >= 4 is 43.9 Å². The van der Waals surface area contributed by atoms with Gasteiger partial charge in [-0.3, -0.25) is 0 Å². The van der Waals surface area contributed by atoms with Gasteiger partial charge in [0.2, 0.25) is 0 Å². The molecule has 0 radical (unpaired) electrons. The summed E-state index contributed by atoms with van der Waals surface area (Å²) in [6.45, 7) is 0. The van der Waals surface area contributed by atoms with E-state index in [0.29, 0.717) is 11.3 Å². The van der Waals surface area contributed by atoms with Crippen molar-refractivity contribution in [2.75, 3.05) is 0 Å². The number of aromatic nitrogens is 4. The van der Waals surface area contributed by atoms with Crippen LogP contribution in [0, 0.1) is 6.07 Å². The van der Waals surface area contributed by atoms with Gasteiger partial charge >= 0.3 is 0 Å². The van der Waals surface area contributed by atoms with Crippen molar-refractivity contribution in [1.29, 1.82) is 0 Å². The first-order valence-corrected chi connectivity index (χ1v) is 12.8. The van der Waals surface area contributed by atoms with Crippen molar-refractivity contribution in [3.63, 3.8) is 0 Å². The number of para-hydroxylation sites is 3. The molecule has 0 saturated carbocycles. The molecule has 40 heavy (non-hydrogen) atoms. The van der Waals surface area contributed by atoms with E-state index in [4.69, 9.17) is 9.97 Å². The average molecular weight is 697 g/mol. The van der Waals surface area contributed by atoms with E-state index < -0.39 is 0 Å². The number of aromatic hydroxyl groups is 1. The minimum atomic E-state index is 0. The Kier molecular flexibility index (Phi) is 5.76. The first kappa shape index (κ1) is 24.3. The molecule has 0 aliphatic carbocycles. The van der Waals surface area contributed by atoms with Crippen LogP contribution in [0.5, 0.6) is 5.75 Å². The van der Waals surface area contributed by atoms with Gasteiger partial charge in [-0.1, -0.05) is 59.9 Å². The molecule has 8 aromatic rings. The number of benzene rings is 4. The molecule has 0 aliphatic heterocycles. The number of hydrogen-bond donors (Lipinski definition) is 1. The molecule has 0 unspecified atom stereocenters. The number of phenolic OH excluding ortho intramolecular Hbond substituents is 1. The predicted octanol–water partition coefficient (Wildman–Crippen LogP) is 7.84. The van der Waals surface area contributed by atoms with Crippen LogP contribution < -0.4 is 0 Å². The number of fused-ring (bicyclic) bond motifs is 6. The SMILES string of the molecule is Oc1ccccc1-c1ccc2c3ccccc3n(-c3[c-]c(-n4c5ccccc5c5cccnc54)ccc3)c2n1.[Pt]. The summed E-state index contributed by atoms with van der Waals surface area (Å²) in [7, 11) is 0. The average Bonchev–Trinajstić information content (AvgIpc) is 3.50. The van der Waals surface area contributed by atoms with Gasteiger partial charge in [-0.05, 0) is 48.5 Å². The summed E-state index contributed by atoms with van der Waals surface area (Å²) in [6.07, 6.45) is 1.83. The molecule has 5 nitrogen and oxygen atoms in total.